The van der Waals surface area contributed by atoms with Gasteiger partial charge in [-0.1, -0.05) is 0 Å². The summed E-state index contributed by atoms with van der Waals surface area (Å²) in [4.78, 5) is 14.5. The highest BCUT2D eigenvalue weighted by molar-refractivity contribution is 5.58. The predicted octanol–water partition coefficient (Wildman–Crippen LogP) is 2.41. The summed E-state index contributed by atoms with van der Waals surface area (Å²) in [5.74, 6) is -0.325. The molecule has 0 spiro atoms. The number of halogens is 1. The second-order valence-electron chi connectivity index (χ2n) is 4.68. The van der Waals surface area contributed by atoms with Crippen molar-refractivity contribution in [3.8, 4) is 11.3 Å². The van der Waals surface area contributed by atoms with Crippen LogP contribution in [0.1, 0.15) is 19.4 Å². The van der Waals surface area contributed by atoms with Crippen molar-refractivity contribution in [1.82, 2.24) is 4.98 Å². The molecule has 0 saturated heterocycles. The third kappa shape index (κ3) is 2.49. The van der Waals surface area contributed by atoms with Crippen LogP contribution in [0.25, 0.3) is 11.3 Å². The fourth-order valence-electron chi connectivity index (χ4n) is 1.75. The molecule has 1 aromatic carbocycles. The van der Waals surface area contributed by atoms with Crippen molar-refractivity contribution in [2.24, 2.45) is 0 Å². The number of pyridine rings is 1. The zero-order valence-electron chi connectivity index (χ0n) is 10.2. The van der Waals surface area contributed by atoms with Crippen LogP contribution in [0, 0.1) is 5.82 Å². The molecule has 2 N–H and O–H groups in total. The highest BCUT2D eigenvalue weighted by Gasteiger charge is 2.19. The van der Waals surface area contributed by atoms with Crippen LogP contribution in [-0.2, 0) is 5.60 Å². The van der Waals surface area contributed by atoms with E-state index in [0.29, 0.717) is 11.3 Å². The Balaban J connectivity index is 2.47. The zero-order valence-corrected chi connectivity index (χ0v) is 10.2. The van der Waals surface area contributed by atoms with Crippen molar-refractivity contribution in [2.45, 2.75) is 19.4 Å². The molecule has 0 aliphatic rings. The van der Waals surface area contributed by atoms with Gasteiger partial charge >= 0.3 is 0 Å². The Morgan fingerprint density at radius 2 is 1.72 bits per heavy atom. The van der Waals surface area contributed by atoms with Gasteiger partial charge in [-0.3, -0.25) is 4.79 Å². The first-order valence-electron chi connectivity index (χ1n) is 5.60. The summed E-state index contributed by atoms with van der Waals surface area (Å²) in [6.45, 7) is 3.10. The lowest BCUT2D eigenvalue weighted by atomic mass is 9.99. The van der Waals surface area contributed by atoms with Crippen LogP contribution >= 0.6 is 0 Å². The molecule has 0 radical (unpaired) electrons. The molecule has 0 atom stereocenters. The van der Waals surface area contributed by atoms with E-state index in [4.69, 9.17) is 0 Å². The van der Waals surface area contributed by atoms with E-state index in [-0.39, 0.29) is 11.4 Å². The molecular weight excluding hydrogens is 233 g/mol. The third-order valence-electron chi connectivity index (χ3n) is 2.72. The smallest absolute Gasteiger partial charge is 0.254 e. The van der Waals surface area contributed by atoms with Crippen molar-refractivity contribution in [3.63, 3.8) is 0 Å². The van der Waals surface area contributed by atoms with Crippen molar-refractivity contribution >= 4 is 0 Å². The second-order valence-corrected chi connectivity index (χ2v) is 4.68. The van der Waals surface area contributed by atoms with E-state index in [1.165, 1.54) is 12.1 Å². The molecule has 0 aliphatic heterocycles. The number of rotatable bonds is 2. The highest BCUT2D eigenvalue weighted by Crippen LogP contribution is 2.19. The van der Waals surface area contributed by atoms with Gasteiger partial charge in [-0.05, 0) is 55.8 Å². The number of benzene rings is 1. The number of hydrogen-bond donors (Lipinski definition) is 2. The Morgan fingerprint density at radius 1 is 1.11 bits per heavy atom. The minimum atomic E-state index is -1.19. The van der Waals surface area contributed by atoms with E-state index in [9.17, 15) is 14.3 Å². The lowest BCUT2D eigenvalue weighted by Gasteiger charge is -2.16. The number of nitrogens with one attached hydrogen (secondary N) is 1. The summed E-state index contributed by atoms with van der Waals surface area (Å²) in [6.07, 6.45) is 0. The Bertz CT molecular complexity index is 609. The molecule has 2 aromatic rings. The Morgan fingerprint density at radius 3 is 2.22 bits per heavy atom. The largest absolute Gasteiger partial charge is 0.386 e. The summed E-state index contributed by atoms with van der Waals surface area (Å²) >= 11 is 0. The number of H-pyrrole nitrogens is 1. The van der Waals surface area contributed by atoms with Gasteiger partial charge in [0.2, 0.25) is 0 Å². The van der Waals surface area contributed by atoms with E-state index in [1.807, 2.05) is 0 Å². The van der Waals surface area contributed by atoms with Crippen LogP contribution in [0.4, 0.5) is 4.39 Å². The third-order valence-corrected chi connectivity index (χ3v) is 2.72. The SMILES string of the molecule is CC(C)(O)c1ccc(-c2ccc(F)cc2)[nH]c1=O. The monoisotopic (exact) mass is 247 g/mol. The molecule has 0 saturated carbocycles. The molecule has 0 bridgehead atoms. The fraction of sp³-hybridized carbons (Fsp3) is 0.214. The average Bonchev–Trinajstić information content (AvgIpc) is 2.28. The Hall–Kier alpha value is -1.94. The maximum absolute atomic E-state index is 12.8. The maximum Gasteiger partial charge on any atom is 0.254 e. The van der Waals surface area contributed by atoms with Gasteiger partial charge in [-0.2, -0.15) is 0 Å². The number of aromatic nitrogens is 1. The topological polar surface area (TPSA) is 53.1 Å². The Kier molecular flexibility index (Phi) is 3.05. The summed E-state index contributed by atoms with van der Waals surface area (Å²) < 4.78 is 12.8. The van der Waals surface area contributed by atoms with Crippen molar-refractivity contribution in [2.75, 3.05) is 0 Å². The summed E-state index contributed by atoms with van der Waals surface area (Å²) in [5, 5.41) is 9.80. The minimum absolute atomic E-state index is 0.299. The normalized spacial score (nSPS) is 11.6. The molecule has 18 heavy (non-hydrogen) atoms. The molecule has 1 aromatic heterocycles. The predicted molar refractivity (Wildman–Crippen MR) is 67.7 cm³/mol. The number of aromatic amines is 1. The maximum atomic E-state index is 12.8. The molecule has 1 heterocycles. The molecule has 2 rings (SSSR count). The first kappa shape index (κ1) is 12.5. The van der Waals surface area contributed by atoms with Crippen molar-refractivity contribution in [3.05, 3.63) is 58.1 Å². The number of aliphatic hydroxyl groups is 1. The van der Waals surface area contributed by atoms with Gasteiger partial charge in [-0.25, -0.2) is 4.39 Å². The van der Waals surface area contributed by atoms with E-state index >= 15 is 0 Å². The molecule has 0 fully saturated rings. The van der Waals surface area contributed by atoms with Crippen LogP contribution in [0.2, 0.25) is 0 Å². The lowest BCUT2D eigenvalue weighted by molar-refractivity contribution is 0.0771. The van der Waals surface area contributed by atoms with E-state index in [1.54, 1.807) is 38.1 Å². The first-order valence-corrected chi connectivity index (χ1v) is 5.60. The molecule has 4 heteroatoms. The van der Waals surface area contributed by atoms with Gasteiger partial charge in [0, 0.05) is 11.3 Å². The van der Waals surface area contributed by atoms with Gasteiger partial charge in [0.25, 0.3) is 5.56 Å². The molecule has 0 aliphatic carbocycles. The van der Waals surface area contributed by atoms with Gasteiger partial charge in [0.1, 0.15) is 5.82 Å². The molecular formula is C14H14FNO2. The number of hydrogen-bond acceptors (Lipinski definition) is 2. The van der Waals surface area contributed by atoms with Crippen LogP contribution in [0.15, 0.2) is 41.2 Å². The van der Waals surface area contributed by atoms with E-state index < -0.39 is 5.60 Å². The summed E-state index contributed by atoms with van der Waals surface area (Å²) in [6, 6.07) is 9.11. The Labute approximate surface area is 104 Å². The summed E-state index contributed by atoms with van der Waals surface area (Å²) in [7, 11) is 0. The zero-order chi connectivity index (χ0) is 13.3. The van der Waals surface area contributed by atoms with Crippen LogP contribution in [-0.4, -0.2) is 10.1 Å². The fourth-order valence-corrected chi connectivity index (χ4v) is 1.75. The summed E-state index contributed by atoms with van der Waals surface area (Å²) in [5.41, 5.74) is 0.0797. The highest BCUT2D eigenvalue weighted by atomic mass is 19.1. The molecule has 0 unspecified atom stereocenters. The van der Waals surface area contributed by atoms with Crippen molar-refractivity contribution in [1.29, 1.82) is 0 Å². The minimum Gasteiger partial charge on any atom is -0.386 e. The average molecular weight is 247 g/mol. The lowest BCUT2D eigenvalue weighted by Crippen LogP contribution is -2.26. The van der Waals surface area contributed by atoms with Crippen LogP contribution < -0.4 is 5.56 Å². The molecule has 94 valence electrons. The van der Waals surface area contributed by atoms with Gasteiger partial charge in [0.05, 0.1) is 5.60 Å². The van der Waals surface area contributed by atoms with E-state index in [2.05, 4.69) is 4.98 Å². The van der Waals surface area contributed by atoms with Gasteiger partial charge < -0.3 is 10.1 Å². The first-order chi connectivity index (χ1) is 8.38. The van der Waals surface area contributed by atoms with Crippen LogP contribution in [0.3, 0.4) is 0 Å². The van der Waals surface area contributed by atoms with Crippen LogP contribution in [0.5, 0.6) is 0 Å². The van der Waals surface area contributed by atoms with Gasteiger partial charge in [-0.15, -0.1) is 0 Å². The quantitative estimate of drug-likeness (QED) is 0.856. The molecule has 0 amide bonds. The second kappa shape index (κ2) is 4.38. The van der Waals surface area contributed by atoms with Gasteiger partial charge in [0.15, 0.2) is 0 Å². The van der Waals surface area contributed by atoms with E-state index in [0.717, 1.165) is 5.56 Å². The van der Waals surface area contributed by atoms with Crippen molar-refractivity contribution < 1.29 is 9.50 Å². The molecule has 3 nitrogen and oxygen atoms in total. The standard InChI is InChI=1S/C14H14FNO2/c1-14(2,18)11-7-8-12(16-13(11)17)9-3-5-10(15)6-4-9/h3-8,18H,1-2H3,(H,16,17).